The molecule has 0 radical (unpaired) electrons. The van der Waals surface area contributed by atoms with E-state index in [1.54, 1.807) is 13.8 Å². The van der Waals surface area contributed by atoms with Crippen molar-refractivity contribution in [3.8, 4) is 0 Å². The van der Waals surface area contributed by atoms with Crippen molar-refractivity contribution in [2.24, 2.45) is 22.7 Å². The maximum Gasteiger partial charge on any atom is 0.245 e. The highest BCUT2D eigenvalue weighted by Crippen LogP contribution is 2.48. The lowest BCUT2D eigenvalue weighted by atomic mass is 9.62. The minimum Gasteiger partial charge on any atom is -0.343 e. The van der Waals surface area contributed by atoms with E-state index in [1.807, 2.05) is 109 Å². The van der Waals surface area contributed by atoms with Gasteiger partial charge in [0.05, 0.1) is 0 Å². The van der Waals surface area contributed by atoms with Gasteiger partial charge in [-0.25, -0.2) is 0 Å². The first-order valence-corrected chi connectivity index (χ1v) is 32.7. The van der Waals surface area contributed by atoms with E-state index >= 15 is 0 Å². The fourth-order valence-electron chi connectivity index (χ4n) is 15.5. The number of nitrogens with one attached hydrogen (secondary N) is 2. The molecule has 0 bridgehead atoms. The smallest absolute Gasteiger partial charge is 0.245 e. The van der Waals surface area contributed by atoms with Crippen molar-refractivity contribution < 1.29 is 28.8 Å². The molecule has 4 aliphatic heterocycles. The monoisotopic (exact) mass is 1210 g/mol. The van der Waals surface area contributed by atoms with Gasteiger partial charge in [0, 0.05) is 98.2 Å². The number of rotatable bonds is 16. The van der Waals surface area contributed by atoms with Crippen LogP contribution in [0.25, 0.3) is 0 Å². The average Bonchev–Trinajstić information content (AvgIpc) is 1.24. The minimum atomic E-state index is -0.696. The Morgan fingerprint density at radius 2 is 0.779 bits per heavy atom. The van der Waals surface area contributed by atoms with Crippen LogP contribution in [0.3, 0.4) is 0 Å². The number of ketones is 2. The van der Waals surface area contributed by atoms with Gasteiger partial charge in [0.15, 0.2) is 0 Å². The molecular weight excluding hydrogens is 1120 g/mol. The highest BCUT2D eigenvalue weighted by Gasteiger charge is 2.49. The molecule has 6 fully saturated rings. The first-order chi connectivity index (χ1) is 41.3. The largest absolute Gasteiger partial charge is 0.343 e. The molecule has 86 heavy (non-hydrogen) atoms. The summed E-state index contributed by atoms with van der Waals surface area (Å²) in [6.07, 6.45) is 15.3. The Hall–Kier alpha value is -5.48. The third kappa shape index (κ3) is 15.5. The molecule has 16 heteroatoms. The Labute approximate surface area is 522 Å². The molecule has 4 aromatic rings. The summed E-state index contributed by atoms with van der Waals surface area (Å²) in [5.74, 6) is 0.969. The second-order valence-corrected chi connectivity index (χ2v) is 27.0. The fraction of sp³-hybridized carbons (Fsp3) is 0.571. The molecule has 14 nitrogen and oxygen atoms in total. The first kappa shape index (κ1) is 65.0. The highest BCUT2D eigenvalue weighted by molar-refractivity contribution is 6.30. The van der Waals surface area contributed by atoms with Crippen molar-refractivity contribution in [1.82, 2.24) is 40.0 Å². The van der Waals surface area contributed by atoms with E-state index in [0.717, 1.165) is 49.9 Å². The maximum absolute atomic E-state index is 14.1. The number of nitrogens with zero attached hydrogens (tertiary/aromatic N) is 6. The van der Waals surface area contributed by atoms with E-state index in [4.69, 9.17) is 23.2 Å². The van der Waals surface area contributed by atoms with E-state index < -0.39 is 12.1 Å². The lowest BCUT2D eigenvalue weighted by Crippen LogP contribution is -2.61. The topological polar surface area (TPSA) is 146 Å². The number of hydrogen-bond acceptors (Lipinski definition) is 10. The molecule has 464 valence electrons. The lowest BCUT2D eigenvalue weighted by Gasteiger charge is -2.47. The molecule has 0 aromatic heterocycles. The zero-order chi connectivity index (χ0) is 61.1. The van der Waals surface area contributed by atoms with E-state index in [9.17, 15) is 28.8 Å². The van der Waals surface area contributed by atoms with Crippen LogP contribution in [0.1, 0.15) is 138 Å². The Bertz CT molecular complexity index is 2710. The zero-order valence-corrected chi connectivity index (χ0v) is 53.4. The summed E-state index contributed by atoms with van der Waals surface area (Å²) in [7, 11) is 8.09. The van der Waals surface area contributed by atoms with Crippen LogP contribution in [0, 0.1) is 22.7 Å². The molecule has 4 aromatic carbocycles. The van der Waals surface area contributed by atoms with E-state index in [-0.39, 0.29) is 70.2 Å². The molecule has 6 unspecified atom stereocenters. The second-order valence-electron chi connectivity index (χ2n) is 26.2. The fourth-order valence-corrected chi connectivity index (χ4v) is 15.8. The van der Waals surface area contributed by atoms with Gasteiger partial charge in [-0.05, 0) is 152 Å². The van der Waals surface area contributed by atoms with Crippen LogP contribution in [0.5, 0.6) is 0 Å². The average molecular weight is 1210 g/mol. The Morgan fingerprint density at radius 1 is 0.453 bits per heavy atom. The Kier molecular flexibility index (Phi) is 22.4. The van der Waals surface area contributed by atoms with Gasteiger partial charge in [-0.2, -0.15) is 0 Å². The van der Waals surface area contributed by atoms with Crippen molar-refractivity contribution >= 4 is 58.4 Å². The molecule has 2 aliphatic carbocycles. The number of benzene rings is 4. The van der Waals surface area contributed by atoms with E-state index in [1.165, 1.54) is 49.7 Å². The van der Waals surface area contributed by atoms with Gasteiger partial charge in [-0.1, -0.05) is 147 Å². The summed E-state index contributed by atoms with van der Waals surface area (Å²) in [4.78, 5) is 94.3. The lowest BCUT2D eigenvalue weighted by molar-refractivity contribution is -0.145. The number of likely N-dealkylation sites (tertiary alicyclic amines) is 2. The molecule has 4 heterocycles. The summed E-state index contributed by atoms with van der Waals surface area (Å²) in [6.45, 7) is 8.25. The van der Waals surface area contributed by atoms with Gasteiger partial charge in [-0.15, -0.1) is 0 Å². The molecule has 4 amide bonds. The van der Waals surface area contributed by atoms with Crippen LogP contribution in [0.4, 0.5) is 0 Å². The third-order valence-electron chi connectivity index (χ3n) is 21.0. The number of Topliss-reactive ketones (excluding diaryl/α,β-unsaturated/α-hetero) is 2. The molecule has 6 aliphatic rings. The zero-order valence-electron chi connectivity index (χ0n) is 51.9. The van der Waals surface area contributed by atoms with Crippen LogP contribution >= 0.6 is 23.2 Å². The first-order valence-electron chi connectivity index (χ1n) is 32.0. The molecule has 6 atom stereocenters. The number of likely N-dealkylation sites (N-methyl/N-ethyl adjacent to an activating group) is 4. The normalized spacial score (nSPS) is 24.3. The highest BCUT2D eigenvalue weighted by atomic mass is 35.5. The van der Waals surface area contributed by atoms with Crippen molar-refractivity contribution in [1.29, 1.82) is 0 Å². The quantitative estimate of drug-likeness (QED) is 0.111. The van der Waals surface area contributed by atoms with Crippen molar-refractivity contribution in [2.75, 3.05) is 80.5 Å². The summed E-state index contributed by atoms with van der Waals surface area (Å²) >= 11 is 12.3. The van der Waals surface area contributed by atoms with Crippen LogP contribution in [0.15, 0.2) is 109 Å². The molecule has 2 N–H and O–H groups in total. The van der Waals surface area contributed by atoms with Crippen LogP contribution in [-0.2, 0) is 41.6 Å². The standard InChI is InChI=1S/2C35H47ClN4O3/c2*1-25(41)35(28-12-8-5-9-13-28)18-20-40(21-19-35)34(43)30(22-26-14-16-29(36)17-15-26)37-33(42)32-24-38(2)31(23-39(32)3)27-10-6-4-7-11-27/h2*4,6-7,10-11,14-17,28,30-32H,5,8-9,12-13,18-24H2,1-3H3,(H,37,42). The Morgan fingerprint density at radius 3 is 1.09 bits per heavy atom. The predicted molar refractivity (Wildman–Crippen MR) is 342 cm³/mol. The number of hydrogen-bond donors (Lipinski definition) is 2. The van der Waals surface area contributed by atoms with E-state index in [0.29, 0.717) is 99.7 Å². The van der Waals surface area contributed by atoms with Gasteiger partial charge >= 0.3 is 0 Å². The van der Waals surface area contributed by atoms with Gasteiger partial charge in [0.1, 0.15) is 35.7 Å². The van der Waals surface area contributed by atoms with E-state index in [2.05, 4.69) is 68.6 Å². The summed E-state index contributed by atoms with van der Waals surface area (Å²) in [5, 5.41) is 7.59. The molecule has 2 saturated carbocycles. The minimum absolute atomic E-state index is 0.0712. The van der Waals surface area contributed by atoms with Crippen LogP contribution in [0.2, 0.25) is 10.0 Å². The summed E-state index contributed by atoms with van der Waals surface area (Å²) in [5.41, 5.74) is 3.70. The summed E-state index contributed by atoms with van der Waals surface area (Å²) in [6, 6.07) is 33.9. The molecule has 10 rings (SSSR count). The number of halogens is 2. The molecule has 4 saturated heterocycles. The van der Waals surface area contributed by atoms with Gasteiger partial charge in [-0.3, -0.25) is 48.4 Å². The maximum atomic E-state index is 14.1. The van der Waals surface area contributed by atoms with Crippen molar-refractivity contribution in [2.45, 2.75) is 153 Å². The van der Waals surface area contributed by atoms with Crippen molar-refractivity contribution in [3.63, 3.8) is 0 Å². The number of piperidine rings is 2. The molecular formula is C70H94Cl2N8O6. The number of amides is 4. The van der Waals surface area contributed by atoms with Gasteiger partial charge < -0.3 is 20.4 Å². The molecule has 0 spiro atoms. The summed E-state index contributed by atoms with van der Waals surface area (Å²) < 4.78 is 0. The van der Waals surface area contributed by atoms with Gasteiger partial charge in [0.2, 0.25) is 23.6 Å². The van der Waals surface area contributed by atoms with Crippen molar-refractivity contribution in [3.05, 3.63) is 141 Å². The number of carbonyl (C=O) groups excluding carboxylic acids is 6. The van der Waals surface area contributed by atoms with Crippen LogP contribution in [-0.4, -0.2) is 169 Å². The Balaban J connectivity index is 0.000000205. The van der Waals surface area contributed by atoms with Crippen LogP contribution < -0.4 is 10.6 Å². The predicted octanol–water partition coefficient (Wildman–Crippen LogP) is 10.3. The second kappa shape index (κ2) is 29.7. The van der Waals surface area contributed by atoms with Gasteiger partial charge in [0.25, 0.3) is 0 Å². The SMILES string of the molecule is CC(=O)C1(C2CCCCC2)CCN(C(=O)C(Cc2ccc(Cl)cc2)NC(=O)C2CN(C)C(c3ccccc3)CN2C)CC1.CC(=O)C1(C2CCCCC2)CCN(C(=O)C(Cc2ccc(Cl)cc2)NC(=O)C2CN(C)C(c3ccccc3)CN2C)CC1. The third-order valence-corrected chi connectivity index (χ3v) is 21.5. The number of piperazine rings is 2. The number of carbonyl (C=O) groups is 6.